The van der Waals surface area contributed by atoms with Crippen LogP contribution < -0.4 is 0 Å². The van der Waals surface area contributed by atoms with E-state index < -0.39 is 0 Å². The Hall–Kier alpha value is -0.580. The molecule has 0 bridgehead atoms. The normalized spacial score (nSPS) is 9.00. The molecule has 0 aromatic heterocycles. The molecule has 0 aromatic carbocycles. The molecular weight excluding hydrogens is 164 g/mol. The van der Waals surface area contributed by atoms with Crippen molar-refractivity contribution in [2.75, 3.05) is 11.5 Å². The summed E-state index contributed by atoms with van der Waals surface area (Å²) in [6.07, 6.45) is 3.77. The van der Waals surface area contributed by atoms with Gasteiger partial charge in [0, 0.05) is 11.5 Å². The van der Waals surface area contributed by atoms with E-state index in [0.717, 1.165) is 0 Å². The molecule has 0 amide bonds. The summed E-state index contributed by atoms with van der Waals surface area (Å²) in [5.74, 6) is 1.42. The zero-order valence-corrected chi connectivity index (χ0v) is 6.91. The van der Waals surface area contributed by atoms with E-state index in [4.69, 9.17) is 10.5 Å². The molecule has 0 saturated carbocycles. The minimum Gasteiger partial charge on any atom is -0.185 e. The lowest BCUT2D eigenvalue weighted by Crippen LogP contribution is -1.69. The first-order chi connectivity index (χ1) is 4.91. The minimum atomic E-state index is 0.711. The summed E-state index contributed by atoms with van der Waals surface area (Å²) in [6.45, 7) is 0. The number of thiocyanates is 2. The fourth-order valence-corrected chi connectivity index (χ4v) is 0.921. The number of hydrogen-bond donors (Lipinski definition) is 0. The van der Waals surface area contributed by atoms with Gasteiger partial charge < -0.3 is 0 Å². The summed E-state index contributed by atoms with van der Waals surface area (Å²) in [6, 6.07) is 0. The van der Waals surface area contributed by atoms with Gasteiger partial charge in [-0.2, -0.15) is 10.5 Å². The topological polar surface area (TPSA) is 47.6 Å². The van der Waals surface area contributed by atoms with Crippen molar-refractivity contribution in [1.29, 1.82) is 10.5 Å². The average molecular weight is 170 g/mol. The quantitative estimate of drug-likeness (QED) is 0.367. The number of nitrogens with zero attached hydrogens (tertiary/aromatic N) is 2. The molecule has 0 aromatic rings. The van der Waals surface area contributed by atoms with Gasteiger partial charge in [0.2, 0.25) is 0 Å². The third kappa shape index (κ3) is 7.42. The van der Waals surface area contributed by atoms with Gasteiger partial charge in [0.05, 0.1) is 0 Å². The largest absolute Gasteiger partial charge is 0.185 e. The van der Waals surface area contributed by atoms with Gasteiger partial charge in [-0.15, -0.1) is 0 Å². The van der Waals surface area contributed by atoms with Crippen molar-refractivity contribution in [3.05, 3.63) is 12.2 Å². The highest BCUT2D eigenvalue weighted by atomic mass is 32.2. The van der Waals surface area contributed by atoms with Crippen molar-refractivity contribution in [2.24, 2.45) is 0 Å². The van der Waals surface area contributed by atoms with Gasteiger partial charge in [0.15, 0.2) is 0 Å². The maximum absolute atomic E-state index is 8.09. The molecule has 0 N–H and O–H groups in total. The SMILES string of the molecule is N#CSC/C=C\CSC#N. The molecule has 0 radical (unpaired) electrons. The van der Waals surface area contributed by atoms with Crippen molar-refractivity contribution in [1.82, 2.24) is 0 Å². The van der Waals surface area contributed by atoms with E-state index in [9.17, 15) is 0 Å². The summed E-state index contributed by atoms with van der Waals surface area (Å²) < 4.78 is 0. The molecule has 0 unspecified atom stereocenters. The fraction of sp³-hybridized carbons (Fsp3) is 0.333. The highest BCUT2D eigenvalue weighted by molar-refractivity contribution is 8.04. The second-order valence-corrected chi connectivity index (χ2v) is 2.89. The molecule has 0 spiro atoms. The van der Waals surface area contributed by atoms with E-state index in [2.05, 4.69) is 0 Å². The van der Waals surface area contributed by atoms with E-state index in [1.807, 2.05) is 23.0 Å². The van der Waals surface area contributed by atoms with Crippen LogP contribution in [0.25, 0.3) is 0 Å². The van der Waals surface area contributed by atoms with Crippen LogP contribution >= 0.6 is 23.5 Å². The monoisotopic (exact) mass is 170 g/mol. The Balaban J connectivity index is 3.08. The Kier molecular flexibility index (Phi) is 7.93. The average Bonchev–Trinajstić information content (AvgIpc) is 1.97. The molecule has 0 saturated heterocycles. The summed E-state index contributed by atoms with van der Waals surface area (Å²) in [4.78, 5) is 0. The number of nitriles is 2. The molecule has 10 heavy (non-hydrogen) atoms. The second-order valence-electron chi connectivity index (χ2n) is 1.28. The van der Waals surface area contributed by atoms with Crippen LogP contribution in [-0.2, 0) is 0 Å². The molecule has 0 heterocycles. The lowest BCUT2D eigenvalue weighted by atomic mass is 10.6. The Morgan fingerprint density at radius 1 is 1.00 bits per heavy atom. The van der Waals surface area contributed by atoms with Crippen LogP contribution in [0, 0.1) is 21.3 Å². The van der Waals surface area contributed by atoms with Crippen molar-refractivity contribution >= 4 is 23.5 Å². The number of thioether (sulfide) groups is 2. The molecular formula is C6H6N2S2. The van der Waals surface area contributed by atoms with E-state index in [0.29, 0.717) is 11.5 Å². The van der Waals surface area contributed by atoms with Crippen LogP contribution in [0.4, 0.5) is 0 Å². The summed E-state index contributed by atoms with van der Waals surface area (Å²) in [5.41, 5.74) is 0. The standard InChI is InChI=1S/C6H6N2S2/c7-5-9-3-1-2-4-10-6-8/h1-2H,3-4H2/b2-1-. The first-order valence-corrected chi connectivity index (χ1v) is 4.55. The van der Waals surface area contributed by atoms with Crippen molar-refractivity contribution in [2.45, 2.75) is 0 Å². The minimum absolute atomic E-state index is 0.711. The van der Waals surface area contributed by atoms with Crippen molar-refractivity contribution < 1.29 is 0 Å². The fourth-order valence-electron chi connectivity index (χ4n) is 0.307. The molecule has 4 heteroatoms. The van der Waals surface area contributed by atoms with Gasteiger partial charge in [-0.1, -0.05) is 12.2 Å². The third-order valence-electron chi connectivity index (χ3n) is 0.655. The van der Waals surface area contributed by atoms with E-state index >= 15 is 0 Å². The third-order valence-corrected chi connectivity index (χ3v) is 1.63. The van der Waals surface area contributed by atoms with E-state index in [-0.39, 0.29) is 0 Å². The predicted octanol–water partition coefficient (Wildman–Crippen LogP) is 1.97. The highest BCUT2D eigenvalue weighted by Crippen LogP contribution is 1.98. The summed E-state index contributed by atoms with van der Waals surface area (Å²) in [5, 5.41) is 20.1. The van der Waals surface area contributed by atoms with Gasteiger partial charge in [-0.3, -0.25) is 0 Å². The van der Waals surface area contributed by atoms with Crippen LogP contribution in [0.5, 0.6) is 0 Å². The van der Waals surface area contributed by atoms with Crippen LogP contribution in [0.15, 0.2) is 12.2 Å². The lowest BCUT2D eigenvalue weighted by Gasteiger charge is -1.80. The highest BCUT2D eigenvalue weighted by Gasteiger charge is 1.78. The molecule has 0 aliphatic rings. The van der Waals surface area contributed by atoms with Gasteiger partial charge in [-0.25, -0.2) is 0 Å². The maximum atomic E-state index is 8.09. The molecule has 0 atom stereocenters. The van der Waals surface area contributed by atoms with Gasteiger partial charge in [-0.05, 0) is 23.5 Å². The zero-order chi connectivity index (χ0) is 7.66. The molecule has 0 fully saturated rings. The first kappa shape index (κ1) is 9.42. The predicted molar refractivity (Wildman–Crippen MR) is 45.3 cm³/mol. The smallest absolute Gasteiger partial charge is 0.133 e. The van der Waals surface area contributed by atoms with E-state index in [1.165, 1.54) is 23.5 Å². The Morgan fingerprint density at radius 2 is 1.40 bits per heavy atom. The lowest BCUT2D eigenvalue weighted by molar-refractivity contribution is 1.56. The van der Waals surface area contributed by atoms with Gasteiger partial charge in [0.25, 0.3) is 0 Å². The molecule has 0 rings (SSSR count). The van der Waals surface area contributed by atoms with Gasteiger partial charge >= 0.3 is 0 Å². The molecule has 52 valence electrons. The number of rotatable bonds is 4. The Morgan fingerprint density at radius 3 is 1.70 bits per heavy atom. The maximum Gasteiger partial charge on any atom is 0.133 e. The number of hydrogen-bond acceptors (Lipinski definition) is 4. The van der Waals surface area contributed by atoms with E-state index in [1.54, 1.807) is 0 Å². The molecule has 0 aliphatic carbocycles. The van der Waals surface area contributed by atoms with Gasteiger partial charge in [0.1, 0.15) is 10.8 Å². The summed E-state index contributed by atoms with van der Waals surface area (Å²) >= 11 is 2.39. The Bertz CT molecular complexity index is 155. The van der Waals surface area contributed by atoms with Crippen LogP contribution in [0.3, 0.4) is 0 Å². The van der Waals surface area contributed by atoms with Crippen molar-refractivity contribution in [3.8, 4) is 10.8 Å². The van der Waals surface area contributed by atoms with Crippen LogP contribution in [-0.4, -0.2) is 11.5 Å². The van der Waals surface area contributed by atoms with Crippen LogP contribution in [0.2, 0.25) is 0 Å². The first-order valence-electron chi connectivity index (χ1n) is 2.58. The Labute approximate surface area is 68.9 Å². The van der Waals surface area contributed by atoms with Crippen molar-refractivity contribution in [3.63, 3.8) is 0 Å². The molecule has 0 aliphatic heterocycles. The summed E-state index contributed by atoms with van der Waals surface area (Å²) in [7, 11) is 0. The zero-order valence-electron chi connectivity index (χ0n) is 5.28. The molecule has 2 nitrogen and oxygen atoms in total. The second kappa shape index (κ2) is 8.42. The van der Waals surface area contributed by atoms with Crippen LogP contribution in [0.1, 0.15) is 0 Å².